The first-order valence-electron chi connectivity index (χ1n) is 6.52. The van der Waals surface area contributed by atoms with E-state index in [9.17, 15) is 13.2 Å². The van der Waals surface area contributed by atoms with Crippen LogP contribution in [0.4, 0.5) is 0 Å². The highest BCUT2D eigenvalue weighted by molar-refractivity contribution is 7.91. The summed E-state index contributed by atoms with van der Waals surface area (Å²) in [5, 5.41) is 9.13. The van der Waals surface area contributed by atoms with Crippen LogP contribution in [-0.2, 0) is 21.7 Å². The van der Waals surface area contributed by atoms with Gasteiger partial charge in [0.1, 0.15) is 11.3 Å². The van der Waals surface area contributed by atoms with E-state index in [0.29, 0.717) is 16.9 Å². The molecular weight excluding hydrogens is 292 g/mol. The van der Waals surface area contributed by atoms with Crippen molar-refractivity contribution in [2.45, 2.75) is 24.7 Å². The second-order valence-corrected chi connectivity index (χ2v) is 7.32. The third-order valence-corrected chi connectivity index (χ3v) is 4.98. The number of aromatic nitrogens is 2. The highest BCUT2D eigenvalue weighted by Crippen LogP contribution is 2.29. The second kappa shape index (κ2) is 5.14. The fourth-order valence-electron chi connectivity index (χ4n) is 2.35. The normalized spacial score (nSPS) is 15.0. The van der Waals surface area contributed by atoms with Crippen LogP contribution in [-0.4, -0.2) is 35.3 Å². The number of carboxylic acids is 1. The van der Waals surface area contributed by atoms with Gasteiger partial charge in [0.05, 0.1) is 16.3 Å². The van der Waals surface area contributed by atoms with Gasteiger partial charge in [0.2, 0.25) is 0 Å². The number of aliphatic carboxylic acids is 1. The second-order valence-electron chi connectivity index (χ2n) is 5.34. The summed E-state index contributed by atoms with van der Waals surface area (Å²) < 4.78 is 25.4. The van der Waals surface area contributed by atoms with Crippen LogP contribution in [0.2, 0.25) is 0 Å². The van der Waals surface area contributed by atoms with Gasteiger partial charge in [0.25, 0.3) is 0 Å². The Bertz CT molecular complexity index is 808. The highest BCUT2D eigenvalue weighted by Gasteiger charge is 2.26. The third kappa shape index (κ3) is 2.65. The fourth-order valence-corrected chi connectivity index (χ4v) is 3.18. The zero-order chi connectivity index (χ0) is 15.9. The van der Waals surface area contributed by atoms with Crippen LogP contribution in [0.15, 0.2) is 23.1 Å². The van der Waals surface area contributed by atoms with E-state index in [1.807, 2.05) is 0 Å². The molecule has 0 amide bonds. The summed E-state index contributed by atoms with van der Waals surface area (Å²) in [6, 6.07) is 4.95. The van der Waals surface area contributed by atoms with Crippen molar-refractivity contribution in [3.63, 3.8) is 0 Å². The van der Waals surface area contributed by atoms with Gasteiger partial charge in [-0.05, 0) is 12.1 Å². The average molecular weight is 310 g/mol. The first-order valence-corrected chi connectivity index (χ1v) is 8.42. The zero-order valence-corrected chi connectivity index (χ0v) is 13.2. The number of hydrogen-bond acceptors (Lipinski definition) is 4. The van der Waals surface area contributed by atoms with E-state index < -0.39 is 21.7 Å². The number of rotatable bonds is 4. The van der Waals surface area contributed by atoms with Crippen LogP contribution in [0.5, 0.6) is 0 Å². The van der Waals surface area contributed by atoms with Gasteiger partial charge < -0.3 is 9.67 Å². The van der Waals surface area contributed by atoms with E-state index in [-0.39, 0.29) is 10.8 Å². The van der Waals surface area contributed by atoms with Crippen LogP contribution in [0.25, 0.3) is 11.0 Å². The lowest BCUT2D eigenvalue weighted by Crippen LogP contribution is -2.19. The maximum atomic E-state index is 11.8. The lowest BCUT2D eigenvalue weighted by molar-refractivity contribution is -0.141. The number of nitrogens with zero attached hydrogens (tertiary/aromatic N) is 2. The summed E-state index contributed by atoms with van der Waals surface area (Å²) in [7, 11) is -1.62. The summed E-state index contributed by atoms with van der Waals surface area (Å²) in [5.41, 5.74) is 1.07. The number of aryl methyl sites for hydroxylation is 1. The molecule has 0 saturated carbocycles. The predicted octanol–water partition coefficient (Wildman–Crippen LogP) is 1.80. The molecule has 1 aromatic heterocycles. The molecule has 6 nitrogen and oxygen atoms in total. The van der Waals surface area contributed by atoms with E-state index in [1.165, 1.54) is 6.07 Å². The molecule has 7 heteroatoms. The molecule has 0 radical (unpaired) electrons. The van der Waals surface area contributed by atoms with E-state index in [2.05, 4.69) is 4.98 Å². The van der Waals surface area contributed by atoms with Gasteiger partial charge in [0, 0.05) is 19.2 Å². The van der Waals surface area contributed by atoms with Crippen molar-refractivity contribution in [1.82, 2.24) is 9.55 Å². The quantitative estimate of drug-likeness (QED) is 0.930. The standard InChI is InChI=1S/C14H18N2O4S/c1-8(9(2)14(17)18)13-15-12-10(16(13)3)6-5-7-11(12)21(4,19)20/h5-9H,1-4H3,(H,17,18). The van der Waals surface area contributed by atoms with Crippen molar-refractivity contribution in [2.75, 3.05) is 6.26 Å². The minimum absolute atomic E-state index is 0.164. The molecule has 0 saturated heterocycles. The number of hydrogen-bond donors (Lipinski definition) is 1. The van der Waals surface area contributed by atoms with Crippen molar-refractivity contribution in [1.29, 1.82) is 0 Å². The molecule has 1 N–H and O–H groups in total. The molecule has 0 aliphatic rings. The van der Waals surface area contributed by atoms with Crippen LogP contribution in [0, 0.1) is 5.92 Å². The van der Waals surface area contributed by atoms with Gasteiger partial charge in [-0.3, -0.25) is 4.79 Å². The van der Waals surface area contributed by atoms with E-state index in [1.54, 1.807) is 37.6 Å². The number of sulfone groups is 1. The van der Waals surface area contributed by atoms with Gasteiger partial charge >= 0.3 is 5.97 Å². The molecule has 0 aliphatic carbocycles. The Morgan fingerprint density at radius 1 is 1.33 bits per heavy atom. The van der Waals surface area contributed by atoms with Gasteiger partial charge in [0.15, 0.2) is 9.84 Å². The van der Waals surface area contributed by atoms with Crippen molar-refractivity contribution in [2.24, 2.45) is 13.0 Å². The first kappa shape index (κ1) is 15.5. The summed E-state index contributed by atoms with van der Waals surface area (Å²) >= 11 is 0. The van der Waals surface area contributed by atoms with Crippen LogP contribution in [0.3, 0.4) is 0 Å². The van der Waals surface area contributed by atoms with E-state index in [0.717, 1.165) is 6.26 Å². The van der Waals surface area contributed by atoms with Crippen molar-refractivity contribution in [3.8, 4) is 0 Å². The Hall–Kier alpha value is -1.89. The fraction of sp³-hybridized carbons (Fsp3) is 0.429. The third-order valence-electron chi connectivity index (χ3n) is 3.86. The molecule has 1 aromatic carbocycles. The number of para-hydroxylation sites is 1. The van der Waals surface area contributed by atoms with Gasteiger partial charge in [-0.15, -0.1) is 0 Å². The monoisotopic (exact) mass is 310 g/mol. The Labute approximate surface area is 123 Å². The Morgan fingerprint density at radius 2 is 1.95 bits per heavy atom. The van der Waals surface area contributed by atoms with Crippen LogP contribution >= 0.6 is 0 Å². The Kier molecular flexibility index (Phi) is 3.79. The maximum Gasteiger partial charge on any atom is 0.306 e. The molecule has 0 aliphatic heterocycles. The lowest BCUT2D eigenvalue weighted by Gasteiger charge is -2.15. The highest BCUT2D eigenvalue weighted by atomic mass is 32.2. The molecule has 114 valence electrons. The number of fused-ring (bicyclic) bond motifs is 1. The molecule has 2 atom stereocenters. The van der Waals surface area contributed by atoms with Crippen LogP contribution < -0.4 is 0 Å². The Morgan fingerprint density at radius 3 is 2.48 bits per heavy atom. The summed E-state index contributed by atoms with van der Waals surface area (Å²) in [6.45, 7) is 3.39. The van der Waals surface area contributed by atoms with Crippen molar-refractivity contribution < 1.29 is 18.3 Å². The topological polar surface area (TPSA) is 89.3 Å². The minimum atomic E-state index is -3.39. The number of carbonyl (C=O) groups is 1. The maximum absolute atomic E-state index is 11.8. The molecule has 2 aromatic rings. The number of benzene rings is 1. The van der Waals surface area contributed by atoms with E-state index in [4.69, 9.17) is 5.11 Å². The largest absolute Gasteiger partial charge is 0.481 e. The molecule has 21 heavy (non-hydrogen) atoms. The SMILES string of the molecule is CC(C(=O)O)C(C)c1nc2c(S(C)(=O)=O)cccc2n1C. The number of carboxylic acid groups (broad SMARTS) is 1. The summed E-state index contributed by atoms with van der Waals surface area (Å²) in [4.78, 5) is 15.7. The lowest BCUT2D eigenvalue weighted by atomic mass is 9.95. The average Bonchev–Trinajstić information content (AvgIpc) is 2.73. The van der Waals surface area contributed by atoms with Gasteiger partial charge in [-0.1, -0.05) is 19.9 Å². The van der Waals surface area contributed by atoms with Crippen molar-refractivity contribution >= 4 is 26.8 Å². The zero-order valence-electron chi connectivity index (χ0n) is 12.4. The molecule has 0 spiro atoms. The first-order chi connectivity index (χ1) is 9.64. The molecule has 2 unspecified atom stereocenters. The minimum Gasteiger partial charge on any atom is -0.481 e. The molecule has 1 heterocycles. The Balaban J connectivity index is 2.69. The van der Waals surface area contributed by atoms with E-state index >= 15 is 0 Å². The summed E-state index contributed by atoms with van der Waals surface area (Å²) in [5.74, 6) is -1.27. The predicted molar refractivity (Wildman–Crippen MR) is 79.0 cm³/mol. The van der Waals surface area contributed by atoms with Crippen molar-refractivity contribution in [3.05, 3.63) is 24.0 Å². The molecular formula is C14H18N2O4S. The summed E-state index contributed by atoms with van der Waals surface area (Å²) in [6.07, 6.45) is 1.14. The van der Waals surface area contributed by atoms with Crippen LogP contribution in [0.1, 0.15) is 25.6 Å². The number of imidazole rings is 1. The molecule has 2 rings (SSSR count). The smallest absolute Gasteiger partial charge is 0.306 e. The van der Waals surface area contributed by atoms with Gasteiger partial charge in [-0.2, -0.15) is 0 Å². The van der Waals surface area contributed by atoms with Gasteiger partial charge in [-0.25, -0.2) is 13.4 Å². The molecule has 0 bridgehead atoms. The molecule has 0 fully saturated rings.